The summed E-state index contributed by atoms with van der Waals surface area (Å²) in [7, 11) is 0. The number of rotatable bonds is 7. The van der Waals surface area contributed by atoms with Gasteiger partial charge in [0.1, 0.15) is 5.82 Å². The highest BCUT2D eigenvalue weighted by Crippen LogP contribution is 2.32. The topological polar surface area (TPSA) is 111 Å². The Bertz CT molecular complexity index is 1090. The minimum absolute atomic E-state index is 0.0934. The van der Waals surface area contributed by atoms with E-state index in [0.717, 1.165) is 0 Å². The van der Waals surface area contributed by atoms with Crippen molar-refractivity contribution in [2.45, 2.75) is 19.4 Å². The molecular weight excluding hydrogens is 397 g/mol. The minimum atomic E-state index is -0.944. The van der Waals surface area contributed by atoms with Crippen LogP contribution in [-0.4, -0.2) is 21.6 Å². The second kappa shape index (κ2) is 8.46. The van der Waals surface area contributed by atoms with E-state index in [1.165, 1.54) is 6.07 Å². The first kappa shape index (κ1) is 20.6. The first-order valence-electron chi connectivity index (χ1n) is 8.82. The number of carboxylic acids is 1. The van der Waals surface area contributed by atoms with Crippen LogP contribution in [0.25, 0.3) is 16.9 Å². The smallest absolute Gasteiger partial charge is 0.303 e. The quantitative estimate of drug-likeness (QED) is 0.548. The number of aromatic nitrogens is 1. The molecule has 0 radical (unpaired) electrons. The fourth-order valence-corrected chi connectivity index (χ4v) is 3.38. The molecule has 0 aliphatic carbocycles. The van der Waals surface area contributed by atoms with Gasteiger partial charge in [0, 0.05) is 28.4 Å². The number of nitrogens with two attached hydrogens (primary N) is 2. The second-order valence-electron chi connectivity index (χ2n) is 6.48. The summed E-state index contributed by atoms with van der Waals surface area (Å²) >= 11 is 5.87. The summed E-state index contributed by atoms with van der Waals surface area (Å²) in [6.45, 7) is 0.107. The average molecular weight is 416 g/mol. The normalized spacial score (nSPS) is 10.9. The van der Waals surface area contributed by atoms with Gasteiger partial charge in [0.2, 0.25) is 5.91 Å². The third kappa shape index (κ3) is 4.31. The zero-order valence-corrected chi connectivity index (χ0v) is 16.1. The maximum atomic E-state index is 14.6. The number of carbonyl (C=O) groups is 2. The average Bonchev–Trinajstić information content (AvgIpc) is 3.09. The molecule has 0 aliphatic heterocycles. The van der Waals surface area contributed by atoms with Gasteiger partial charge >= 0.3 is 5.97 Å². The van der Waals surface area contributed by atoms with E-state index in [0.29, 0.717) is 33.8 Å². The Hall–Kier alpha value is -3.16. The van der Waals surface area contributed by atoms with E-state index in [-0.39, 0.29) is 24.4 Å². The number of carbonyl (C=O) groups excluding carboxylic acids is 1. The number of hydrogen-bond acceptors (Lipinski definition) is 3. The van der Waals surface area contributed by atoms with Crippen LogP contribution in [0.5, 0.6) is 0 Å². The molecule has 5 N–H and O–H groups in total. The molecule has 0 spiro atoms. The maximum absolute atomic E-state index is 14.6. The Labute approximate surface area is 171 Å². The number of hydrogen-bond donors (Lipinski definition) is 3. The van der Waals surface area contributed by atoms with E-state index >= 15 is 0 Å². The van der Waals surface area contributed by atoms with E-state index in [9.17, 15) is 14.0 Å². The zero-order valence-electron chi connectivity index (χ0n) is 15.4. The molecule has 150 valence electrons. The van der Waals surface area contributed by atoms with Gasteiger partial charge in [-0.2, -0.15) is 0 Å². The number of primary amides is 1. The molecule has 0 aliphatic rings. The third-order valence-electron chi connectivity index (χ3n) is 4.59. The number of carboxylic acid groups (broad SMARTS) is 1. The maximum Gasteiger partial charge on any atom is 0.303 e. The number of halogens is 2. The first-order valence-corrected chi connectivity index (χ1v) is 9.20. The van der Waals surface area contributed by atoms with E-state index in [2.05, 4.69) is 0 Å². The fraction of sp³-hybridized carbons (Fsp3) is 0.143. The standard InChI is InChI=1S/C21H19ClFN3O3/c22-14-2-5-16(17(23)10-14)19-7-3-15(4-8-20(27)28)26(19)18-6-1-12(21(25)29)9-13(18)11-24/h1-3,5-7,9-10H,4,8,11,24H2,(H2,25,29)(H,27,28). The largest absolute Gasteiger partial charge is 0.481 e. The van der Waals surface area contributed by atoms with Crippen molar-refractivity contribution in [3.63, 3.8) is 0 Å². The van der Waals surface area contributed by atoms with Crippen molar-refractivity contribution in [2.75, 3.05) is 0 Å². The molecule has 0 unspecified atom stereocenters. The Morgan fingerprint density at radius 2 is 1.86 bits per heavy atom. The molecule has 0 bridgehead atoms. The van der Waals surface area contributed by atoms with E-state index in [1.807, 2.05) is 0 Å². The Kier molecular flexibility index (Phi) is 6.00. The summed E-state index contributed by atoms with van der Waals surface area (Å²) in [5.74, 6) is -2.04. The molecule has 2 aromatic carbocycles. The first-order chi connectivity index (χ1) is 13.8. The van der Waals surface area contributed by atoms with Crippen LogP contribution in [0.4, 0.5) is 4.39 Å². The van der Waals surface area contributed by atoms with Gasteiger partial charge in [-0.1, -0.05) is 11.6 Å². The lowest BCUT2D eigenvalue weighted by Crippen LogP contribution is -2.14. The highest BCUT2D eigenvalue weighted by molar-refractivity contribution is 6.30. The van der Waals surface area contributed by atoms with Gasteiger partial charge in [-0.15, -0.1) is 0 Å². The number of amides is 1. The highest BCUT2D eigenvalue weighted by Gasteiger charge is 2.18. The van der Waals surface area contributed by atoms with Crippen molar-refractivity contribution < 1.29 is 19.1 Å². The number of nitrogens with zero attached hydrogens (tertiary/aromatic N) is 1. The van der Waals surface area contributed by atoms with E-state index < -0.39 is 17.7 Å². The molecule has 0 saturated heterocycles. The van der Waals surface area contributed by atoms with Crippen LogP contribution < -0.4 is 11.5 Å². The summed E-state index contributed by atoms with van der Waals surface area (Å²) in [6, 6.07) is 12.6. The monoisotopic (exact) mass is 415 g/mol. The van der Waals surface area contributed by atoms with Crippen molar-refractivity contribution in [1.29, 1.82) is 0 Å². The molecule has 1 heterocycles. The molecule has 1 amide bonds. The molecule has 0 atom stereocenters. The molecule has 3 aromatic rings. The molecule has 6 nitrogen and oxygen atoms in total. The molecule has 0 fully saturated rings. The Balaban J connectivity index is 2.23. The Morgan fingerprint density at radius 1 is 1.10 bits per heavy atom. The minimum Gasteiger partial charge on any atom is -0.481 e. The van der Waals surface area contributed by atoms with Gasteiger partial charge in [0.15, 0.2) is 0 Å². The predicted molar refractivity (Wildman–Crippen MR) is 109 cm³/mol. The third-order valence-corrected chi connectivity index (χ3v) is 4.82. The van der Waals surface area contributed by atoms with Crippen molar-refractivity contribution in [1.82, 2.24) is 4.57 Å². The van der Waals surface area contributed by atoms with Crippen molar-refractivity contribution in [3.05, 3.63) is 76.2 Å². The lowest BCUT2D eigenvalue weighted by molar-refractivity contribution is -0.136. The van der Waals surface area contributed by atoms with E-state index in [1.54, 1.807) is 47.0 Å². The van der Waals surface area contributed by atoms with Gasteiger partial charge in [0.25, 0.3) is 0 Å². The van der Waals surface area contributed by atoms with Gasteiger partial charge in [-0.3, -0.25) is 9.59 Å². The zero-order chi connectivity index (χ0) is 21.1. The van der Waals surface area contributed by atoms with Crippen LogP contribution in [0.1, 0.15) is 28.0 Å². The summed E-state index contributed by atoms with van der Waals surface area (Å²) in [6.07, 6.45) is 0.135. The van der Waals surface area contributed by atoms with Crippen LogP contribution in [0, 0.1) is 5.82 Å². The highest BCUT2D eigenvalue weighted by atomic mass is 35.5. The van der Waals surface area contributed by atoms with Crippen LogP contribution in [0.15, 0.2) is 48.5 Å². The summed E-state index contributed by atoms with van der Waals surface area (Å²) in [4.78, 5) is 22.6. The predicted octanol–water partition coefficient (Wildman–Crippen LogP) is 3.51. The van der Waals surface area contributed by atoms with E-state index in [4.69, 9.17) is 28.2 Å². The fourth-order valence-electron chi connectivity index (χ4n) is 3.22. The number of aryl methyl sites for hydroxylation is 1. The summed E-state index contributed by atoms with van der Waals surface area (Å²) in [5, 5.41) is 9.35. The van der Waals surface area contributed by atoms with Gasteiger partial charge in [0.05, 0.1) is 17.8 Å². The molecule has 29 heavy (non-hydrogen) atoms. The molecular formula is C21H19ClFN3O3. The number of benzene rings is 2. The molecule has 3 rings (SSSR count). The molecule has 8 heteroatoms. The Morgan fingerprint density at radius 3 is 2.48 bits per heavy atom. The second-order valence-corrected chi connectivity index (χ2v) is 6.91. The van der Waals surface area contributed by atoms with Crippen molar-refractivity contribution in [3.8, 4) is 16.9 Å². The van der Waals surface area contributed by atoms with Crippen molar-refractivity contribution in [2.24, 2.45) is 11.5 Å². The van der Waals surface area contributed by atoms with Crippen LogP contribution in [-0.2, 0) is 17.8 Å². The van der Waals surface area contributed by atoms with Gasteiger partial charge < -0.3 is 21.1 Å². The van der Waals surface area contributed by atoms with Gasteiger partial charge in [-0.05, 0) is 60.5 Å². The van der Waals surface area contributed by atoms with Crippen molar-refractivity contribution >= 4 is 23.5 Å². The SMILES string of the molecule is NCc1cc(C(N)=O)ccc1-n1c(CCC(=O)O)ccc1-c1ccc(Cl)cc1F. The lowest BCUT2D eigenvalue weighted by Gasteiger charge is -2.18. The van der Waals surface area contributed by atoms with Gasteiger partial charge in [-0.25, -0.2) is 4.39 Å². The van der Waals surface area contributed by atoms with Crippen LogP contribution in [0.2, 0.25) is 5.02 Å². The molecule has 0 saturated carbocycles. The number of aliphatic carboxylic acids is 1. The summed E-state index contributed by atoms with van der Waals surface area (Å²) < 4.78 is 16.4. The molecule has 1 aromatic heterocycles. The summed E-state index contributed by atoms with van der Waals surface area (Å²) in [5.41, 5.74) is 14.3. The lowest BCUT2D eigenvalue weighted by atomic mass is 10.1. The van der Waals surface area contributed by atoms with Crippen LogP contribution >= 0.6 is 11.6 Å². The van der Waals surface area contributed by atoms with Crippen LogP contribution in [0.3, 0.4) is 0 Å².